The molecular formula is C10H13N3O2S. The molecule has 2 heterocycles. The number of hydrogen-bond donors (Lipinski definition) is 1. The number of carbonyl (C=O) groups is 2. The van der Waals surface area contributed by atoms with Gasteiger partial charge in [0.05, 0.1) is 6.54 Å². The Morgan fingerprint density at radius 3 is 3.12 bits per heavy atom. The van der Waals surface area contributed by atoms with Crippen LogP contribution in [0.5, 0.6) is 0 Å². The molecule has 1 amide bonds. The van der Waals surface area contributed by atoms with Crippen LogP contribution in [0.2, 0.25) is 0 Å². The number of thiazole rings is 1. The number of hydrogen-bond acceptors (Lipinski definition) is 5. The highest BCUT2D eigenvalue weighted by Crippen LogP contribution is 2.21. The molecule has 0 atom stereocenters. The summed E-state index contributed by atoms with van der Waals surface area (Å²) in [7, 11) is 0. The second-order valence-electron chi connectivity index (χ2n) is 3.70. The molecule has 1 fully saturated rings. The summed E-state index contributed by atoms with van der Waals surface area (Å²) in [6.07, 6.45) is 0.903. The highest BCUT2D eigenvalue weighted by molar-refractivity contribution is 7.14. The third-order valence-corrected chi connectivity index (χ3v) is 3.29. The van der Waals surface area contributed by atoms with E-state index in [9.17, 15) is 9.59 Å². The Hall–Kier alpha value is -1.43. The number of nitrogens with zero attached hydrogens (tertiary/aromatic N) is 2. The second-order valence-corrected chi connectivity index (χ2v) is 4.53. The molecule has 2 rings (SSSR count). The molecule has 1 aromatic rings. The number of carbonyl (C=O) groups excluding carboxylic acids is 2. The van der Waals surface area contributed by atoms with Gasteiger partial charge >= 0.3 is 0 Å². The molecular weight excluding hydrogens is 226 g/mol. The molecule has 1 saturated heterocycles. The number of ketones is 1. The van der Waals surface area contributed by atoms with Crippen LogP contribution >= 0.6 is 11.3 Å². The molecule has 0 unspecified atom stereocenters. The van der Waals surface area contributed by atoms with Crippen molar-refractivity contribution < 1.29 is 9.59 Å². The normalized spacial score (nSPS) is 16.8. The van der Waals surface area contributed by atoms with E-state index in [-0.39, 0.29) is 11.7 Å². The minimum absolute atomic E-state index is 0.0112. The second kappa shape index (κ2) is 4.61. The van der Waals surface area contributed by atoms with Gasteiger partial charge in [-0.15, -0.1) is 11.3 Å². The van der Waals surface area contributed by atoms with Gasteiger partial charge in [-0.3, -0.25) is 9.59 Å². The fourth-order valence-corrected chi connectivity index (χ4v) is 2.43. The fraction of sp³-hybridized carbons (Fsp3) is 0.500. The predicted molar refractivity (Wildman–Crippen MR) is 62.0 cm³/mol. The molecule has 0 bridgehead atoms. The predicted octanol–water partition coefficient (Wildman–Crippen LogP) is 0.672. The van der Waals surface area contributed by atoms with E-state index in [2.05, 4.69) is 10.3 Å². The van der Waals surface area contributed by atoms with Crippen LogP contribution < -0.4 is 10.2 Å². The van der Waals surface area contributed by atoms with Gasteiger partial charge in [0.25, 0.3) is 0 Å². The number of nitrogens with one attached hydrogen (secondary N) is 1. The van der Waals surface area contributed by atoms with Crippen LogP contribution in [-0.2, 0) is 4.79 Å². The van der Waals surface area contributed by atoms with Crippen molar-refractivity contribution in [2.24, 2.45) is 0 Å². The molecule has 1 aliphatic rings. The van der Waals surface area contributed by atoms with Crippen molar-refractivity contribution in [2.75, 3.05) is 24.5 Å². The molecule has 0 aromatic carbocycles. The van der Waals surface area contributed by atoms with Crippen LogP contribution in [0.25, 0.3) is 0 Å². The highest BCUT2D eigenvalue weighted by atomic mass is 32.1. The van der Waals surface area contributed by atoms with Crippen molar-refractivity contribution in [3.05, 3.63) is 11.1 Å². The van der Waals surface area contributed by atoms with Crippen LogP contribution in [0.4, 0.5) is 5.13 Å². The molecule has 6 heteroatoms. The maximum absolute atomic E-state index is 11.4. The molecule has 1 aromatic heterocycles. The molecule has 1 N–H and O–H groups in total. The lowest BCUT2D eigenvalue weighted by atomic mass is 10.3. The van der Waals surface area contributed by atoms with Gasteiger partial charge in [-0.25, -0.2) is 4.98 Å². The first-order valence-corrected chi connectivity index (χ1v) is 6.03. The number of Topliss-reactive ketones (excluding diaryl/α,β-unsaturated/α-hetero) is 1. The topological polar surface area (TPSA) is 62.3 Å². The molecule has 0 saturated carbocycles. The lowest BCUT2D eigenvalue weighted by Gasteiger charge is -2.16. The van der Waals surface area contributed by atoms with Gasteiger partial charge in [0.1, 0.15) is 5.69 Å². The summed E-state index contributed by atoms with van der Waals surface area (Å²) in [5, 5.41) is 5.29. The van der Waals surface area contributed by atoms with Gasteiger partial charge in [0.15, 0.2) is 10.9 Å². The maximum atomic E-state index is 11.4. The van der Waals surface area contributed by atoms with E-state index in [1.807, 2.05) is 4.90 Å². The summed E-state index contributed by atoms with van der Waals surface area (Å²) in [6, 6.07) is 0. The van der Waals surface area contributed by atoms with Crippen molar-refractivity contribution in [1.29, 1.82) is 0 Å². The van der Waals surface area contributed by atoms with E-state index in [0.717, 1.165) is 18.1 Å². The van der Waals surface area contributed by atoms with Gasteiger partial charge in [-0.1, -0.05) is 0 Å². The van der Waals surface area contributed by atoms with Crippen molar-refractivity contribution in [3.8, 4) is 0 Å². The fourth-order valence-electron chi connectivity index (χ4n) is 1.54. The van der Waals surface area contributed by atoms with E-state index >= 15 is 0 Å². The van der Waals surface area contributed by atoms with Gasteiger partial charge in [-0.05, 0) is 6.42 Å². The van der Waals surface area contributed by atoms with Crippen molar-refractivity contribution in [3.63, 3.8) is 0 Å². The Labute approximate surface area is 97.5 Å². The highest BCUT2D eigenvalue weighted by Gasteiger charge is 2.18. The third kappa shape index (κ3) is 2.38. The summed E-state index contributed by atoms with van der Waals surface area (Å²) in [5.74, 6) is -0.0288. The standard InChI is InChI=1S/C10H13N3O2S/c1-7(14)8-6-16-10(12-8)13-4-2-3-11-9(15)5-13/h6H,2-5H2,1H3,(H,11,15). The smallest absolute Gasteiger partial charge is 0.239 e. The maximum Gasteiger partial charge on any atom is 0.239 e. The largest absolute Gasteiger partial charge is 0.354 e. The summed E-state index contributed by atoms with van der Waals surface area (Å²) in [5.41, 5.74) is 0.477. The minimum atomic E-state index is -0.0400. The van der Waals surface area contributed by atoms with Crippen LogP contribution in [-0.4, -0.2) is 36.3 Å². The van der Waals surface area contributed by atoms with Crippen molar-refractivity contribution in [2.45, 2.75) is 13.3 Å². The Kier molecular flexibility index (Phi) is 3.19. The van der Waals surface area contributed by atoms with Gasteiger partial charge in [0.2, 0.25) is 5.91 Å². The van der Waals surface area contributed by atoms with E-state index in [1.165, 1.54) is 18.3 Å². The van der Waals surface area contributed by atoms with Crippen LogP contribution in [0.1, 0.15) is 23.8 Å². The zero-order valence-electron chi connectivity index (χ0n) is 9.02. The van der Waals surface area contributed by atoms with E-state index in [4.69, 9.17) is 0 Å². The first kappa shape index (κ1) is 11.1. The average molecular weight is 239 g/mol. The Balaban J connectivity index is 2.15. The van der Waals surface area contributed by atoms with Crippen molar-refractivity contribution in [1.82, 2.24) is 10.3 Å². The number of amides is 1. The zero-order valence-corrected chi connectivity index (χ0v) is 9.84. The SMILES string of the molecule is CC(=O)c1csc(N2CCCNC(=O)C2)n1. The average Bonchev–Trinajstić information content (AvgIpc) is 2.63. The summed E-state index contributed by atoms with van der Waals surface area (Å²) in [4.78, 5) is 28.6. The molecule has 86 valence electrons. The van der Waals surface area contributed by atoms with Crippen LogP contribution in [0, 0.1) is 0 Å². The van der Waals surface area contributed by atoms with E-state index in [0.29, 0.717) is 18.8 Å². The number of anilines is 1. The number of rotatable bonds is 2. The zero-order chi connectivity index (χ0) is 11.5. The lowest BCUT2D eigenvalue weighted by molar-refractivity contribution is -0.119. The summed E-state index contributed by atoms with van der Waals surface area (Å²) in [6.45, 7) is 3.32. The van der Waals surface area contributed by atoms with Crippen molar-refractivity contribution >= 4 is 28.2 Å². The third-order valence-electron chi connectivity index (χ3n) is 2.38. The summed E-state index contributed by atoms with van der Waals surface area (Å²) < 4.78 is 0. The monoisotopic (exact) mass is 239 g/mol. The molecule has 5 nitrogen and oxygen atoms in total. The quantitative estimate of drug-likeness (QED) is 0.771. The van der Waals surface area contributed by atoms with Crippen LogP contribution in [0.15, 0.2) is 5.38 Å². The molecule has 0 radical (unpaired) electrons. The van der Waals surface area contributed by atoms with Crippen LogP contribution in [0.3, 0.4) is 0 Å². The minimum Gasteiger partial charge on any atom is -0.354 e. The molecule has 1 aliphatic heterocycles. The molecule has 16 heavy (non-hydrogen) atoms. The Morgan fingerprint density at radius 1 is 1.62 bits per heavy atom. The molecule has 0 spiro atoms. The number of aromatic nitrogens is 1. The first-order chi connectivity index (χ1) is 7.66. The molecule has 0 aliphatic carbocycles. The van der Waals surface area contributed by atoms with E-state index < -0.39 is 0 Å². The Morgan fingerprint density at radius 2 is 2.44 bits per heavy atom. The Bertz CT molecular complexity index is 416. The van der Waals surface area contributed by atoms with Gasteiger partial charge < -0.3 is 10.2 Å². The van der Waals surface area contributed by atoms with Gasteiger partial charge in [0, 0.05) is 25.4 Å². The first-order valence-electron chi connectivity index (χ1n) is 5.15. The summed E-state index contributed by atoms with van der Waals surface area (Å²) >= 11 is 1.41. The van der Waals surface area contributed by atoms with E-state index in [1.54, 1.807) is 5.38 Å². The lowest BCUT2D eigenvalue weighted by Crippen LogP contribution is -2.32. The van der Waals surface area contributed by atoms with Gasteiger partial charge in [-0.2, -0.15) is 0 Å².